The quantitative estimate of drug-likeness (QED) is 0.653. The summed E-state index contributed by atoms with van der Waals surface area (Å²) in [5.41, 5.74) is 2.27. The molecule has 3 heterocycles. The molecule has 7 nitrogen and oxygen atoms in total. The molecule has 2 N–H and O–H groups in total. The number of rotatable bonds is 3. The second-order valence-electron chi connectivity index (χ2n) is 4.41. The van der Waals surface area contributed by atoms with Gasteiger partial charge in [0.05, 0.1) is 6.26 Å². The van der Waals surface area contributed by atoms with E-state index in [0.717, 1.165) is 0 Å². The lowest BCUT2D eigenvalue weighted by molar-refractivity contribution is -0.138. The van der Waals surface area contributed by atoms with Crippen molar-refractivity contribution < 1.29 is 9.21 Å². The van der Waals surface area contributed by atoms with E-state index in [1.807, 2.05) is 0 Å². The summed E-state index contributed by atoms with van der Waals surface area (Å²) in [6.07, 6.45) is 1.48. The Hall–Kier alpha value is -2.12. The third kappa shape index (κ3) is 2.10. The fourth-order valence-corrected chi connectivity index (χ4v) is 2.33. The second kappa shape index (κ2) is 4.77. The number of hydrazine groups is 1. The molecule has 1 saturated heterocycles. The lowest BCUT2D eigenvalue weighted by atomic mass is 10.0. The molecule has 0 unspecified atom stereocenters. The number of hydrogen-bond donors (Lipinski definition) is 2. The van der Waals surface area contributed by atoms with E-state index < -0.39 is 11.5 Å². The van der Waals surface area contributed by atoms with Gasteiger partial charge in [-0.3, -0.25) is 20.0 Å². The number of alkyl halides is 1. The smallest absolute Gasteiger partial charge is 0.252 e. The summed E-state index contributed by atoms with van der Waals surface area (Å²) in [6, 6.07) is 4.12. The monoisotopic (exact) mass is 294 g/mol. The number of nitrogens with one attached hydrogen (secondary N) is 2. The first kappa shape index (κ1) is 12.9. The van der Waals surface area contributed by atoms with Crippen molar-refractivity contribution in [3.63, 3.8) is 0 Å². The molecule has 1 aliphatic heterocycles. The summed E-state index contributed by atoms with van der Waals surface area (Å²) in [4.78, 5) is 29.9. The van der Waals surface area contributed by atoms with Crippen molar-refractivity contribution in [2.45, 2.75) is 18.5 Å². The zero-order valence-electron chi connectivity index (χ0n) is 10.5. The Morgan fingerprint density at radius 3 is 2.95 bits per heavy atom. The summed E-state index contributed by atoms with van der Waals surface area (Å²) in [7, 11) is 0. The molecule has 0 saturated carbocycles. The van der Waals surface area contributed by atoms with E-state index in [4.69, 9.17) is 16.0 Å². The summed E-state index contributed by atoms with van der Waals surface area (Å²) in [5.74, 6) is 0.531. The molecule has 2 atom stereocenters. The molecule has 0 amide bonds. The summed E-state index contributed by atoms with van der Waals surface area (Å²) >= 11 is 5.96. The Morgan fingerprint density at radius 1 is 1.50 bits per heavy atom. The Bertz CT molecular complexity index is 697. The Balaban J connectivity index is 1.85. The third-order valence-electron chi connectivity index (χ3n) is 2.94. The van der Waals surface area contributed by atoms with E-state index in [1.165, 1.54) is 17.3 Å². The minimum Gasteiger partial charge on any atom is -0.467 e. The minimum atomic E-state index is -0.837. The van der Waals surface area contributed by atoms with Gasteiger partial charge in [0.25, 0.3) is 5.56 Å². The first-order chi connectivity index (χ1) is 9.56. The number of anilines is 1. The van der Waals surface area contributed by atoms with Crippen molar-refractivity contribution in [2.24, 2.45) is 0 Å². The molecule has 0 bridgehead atoms. The highest BCUT2D eigenvalue weighted by atomic mass is 35.5. The zero-order chi connectivity index (χ0) is 14.3. The number of aromatic nitrogens is 2. The fourth-order valence-electron chi connectivity index (χ4n) is 2.05. The van der Waals surface area contributed by atoms with E-state index in [1.54, 1.807) is 19.1 Å². The molecule has 0 aromatic carbocycles. The normalized spacial score (nSPS) is 22.6. The number of Topliss-reactive ketones (excluding diaryl/α,β-unsaturated/α-hetero) is 1. The van der Waals surface area contributed by atoms with E-state index in [0.29, 0.717) is 11.5 Å². The molecule has 2 aromatic heterocycles. The number of nitrogens with zero attached hydrogens (tertiary/aromatic N) is 2. The molecular weight excluding hydrogens is 284 g/mol. The van der Waals surface area contributed by atoms with Crippen LogP contribution in [0.4, 0.5) is 5.95 Å². The molecule has 3 rings (SSSR count). The van der Waals surface area contributed by atoms with Gasteiger partial charge in [-0.2, -0.15) is 5.01 Å². The predicted molar refractivity (Wildman–Crippen MR) is 71.2 cm³/mol. The molecule has 0 spiro atoms. The van der Waals surface area contributed by atoms with Crippen LogP contribution >= 0.6 is 11.6 Å². The van der Waals surface area contributed by atoms with Crippen LogP contribution in [0.5, 0.6) is 0 Å². The molecule has 104 valence electrons. The standard InChI is InChI=1S/C12H11ClN4O3/c1-6-5-8(18)15-12(14-6)16-17-9(10(19)11(17)13)7-3-2-4-20-7/h2-5,9,11H,1H3,(H2,14,15,16,18)/t9-,11-/m1/s1. The first-order valence-corrected chi connectivity index (χ1v) is 6.34. The molecule has 0 radical (unpaired) electrons. The van der Waals surface area contributed by atoms with Crippen molar-refractivity contribution in [3.8, 4) is 0 Å². The van der Waals surface area contributed by atoms with Gasteiger partial charge in [0.15, 0.2) is 17.3 Å². The highest BCUT2D eigenvalue weighted by Crippen LogP contribution is 2.37. The highest BCUT2D eigenvalue weighted by molar-refractivity contribution is 6.34. The number of halogens is 1. The molecule has 0 aliphatic carbocycles. The van der Waals surface area contributed by atoms with E-state index >= 15 is 0 Å². The van der Waals surface area contributed by atoms with Crippen LogP contribution in [0.15, 0.2) is 33.7 Å². The summed E-state index contributed by atoms with van der Waals surface area (Å²) in [6.45, 7) is 1.70. The number of furan rings is 1. The van der Waals surface area contributed by atoms with Crippen LogP contribution in [0.3, 0.4) is 0 Å². The maximum absolute atomic E-state index is 11.8. The van der Waals surface area contributed by atoms with Crippen molar-refractivity contribution in [1.82, 2.24) is 15.0 Å². The van der Waals surface area contributed by atoms with Crippen LogP contribution in [0.1, 0.15) is 17.5 Å². The SMILES string of the molecule is Cc1cc(=O)[nH]c(NN2[C@@H](Cl)C(=O)[C@H]2c2ccco2)n1. The van der Waals surface area contributed by atoms with Gasteiger partial charge in [0.2, 0.25) is 5.95 Å². The highest BCUT2D eigenvalue weighted by Gasteiger charge is 2.49. The predicted octanol–water partition coefficient (Wildman–Crippen LogP) is 1.19. The first-order valence-electron chi connectivity index (χ1n) is 5.90. The number of ketones is 1. The second-order valence-corrected chi connectivity index (χ2v) is 4.82. The Morgan fingerprint density at radius 2 is 2.30 bits per heavy atom. The molecule has 2 aromatic rings. The van der Waals surface area contributed by atoms with E-state index in [-0.39, 0.29) is 17.3 Å². The van der Waals surface area contributed by atoms with Crippen molar-refractivity contribution >= 4 is 23.3 Å². The van der Waals surface area contributed by atoms with Gasteiger partial charge < -0.3 is 4.42 Å². The molecule has 1 fully saturated rings. The van der Waals surface area contributed by atoms with Crippen LogP contribution in [-0.2, 0) is 4.79 Å². The maximum atomic E-state index is 11.8. The fraction of sp³-hybridized carbons (Fsp3) is 0.250. The summed E-state index contributed by atoms with van der Waals surface area (Å²) < 4.78 is 5.22. The lowest BCUT2D eigenvalue weighted by Crippen LogP contribution is -2.58. The number of carbonyl (C=O) groups excluding carboxylic acids is 1. The third-order valence-corrected chi connectivity index (χ3v) is 3.37. The minimum absolute atomic E-state index is 0.177. The molecule has 20 heavy (non-hydrogen) atoms. The van der Waals surface area contributed by atoms with Gasteiger partial charge >= 0.3 is 0 Å². The Kier molecular flexibility index (Phi) is 3.07. The maximum Gasteiger partial charge on any atom is 0.252 e. The van der Waals surface area contributed by atoms with Gasteiger partial charge in [-0.25, -0.2) is 4.98 Å². The van der Waals surface area contributed by atoms with Gasteiger partial charge in [-0.15, -0.1) is 0 Å². The van der Waals surface area contributed by atoms with Crippen LogP contribution < -0.4 is 11.0 Å². The Labute approximate surface area is 118 Å². The van der Waals surface area contributed by atoms with Gasteiger partial charge in [0, 0.05) is 11.8 Å². The number of aryl methyl sites for hydroxylation is 1. The van der Waals surface area contributed by atoms with Crippen molar-refractivity contribution in [1.29, 1.82) is 0 Å². The van der Waals surface area contributed by atoms with E-state index in [2.05, 4.69) is 15.4 Å². The lowest BCUT2D eigenvalue weighted by Gasteiger charge is -2.41. The van der Waals surface area contributed by atoms with Crippen molar-refractivity contribution in [3.05, 3.63) is 46.3 Å². The number of aromatic amines is 1. The summed E-state index contributed by atoms with van der Waals surface area (Å²) in [5, 5.41) is 1.47. The molecular formula is C12H11ClN4O3. The van der Waals surface area contributed by atoms with E-state index in [9.17, 15) is 9.59 Å². The number of carbonyl (C=O) groups is 1. The van der Waals surface area contributed by atoms with Crippen LogP contribution in [0.2, 0.25) is 0 Å². The average Bonchev–Trinajstić information content (AvgIpc) is 2.90. The average molecular weight is 295 g/mol. The van der Waals surface area contributed by atoms with Crippen molar-refractivity contribution in [2.75, 3.05) is 5.43 Å². The molecule has 1 aliphatic rings. The van der Waals surface area contributed by atoms with Gasteiger partial charge in [0.1, 0.15) is 5.76 Å². The van der Waals surface area contributed by atoms with Gasteiger partial charge in [-0.1, -0.05) is 11.6 Å². The number of H-pyrrole nitrogens is 1. The van der Waals surface area contributed by atoms with Crippen LogP contribution in [0.25, 0.3) is 0 Å². The zero-order valence-corrected chi connectivity index (χ0v) is 11.2. The van der Waals surface area contributed by atoms with Crippen LogP contribution in [-0.4, -0.2) is 26.3 Å². The molecule has 8 heteroatoms. The van der Waals surface area contributed by atoms with Gasteiger partial charge in [-0.05, 0) is 19.1 Å². The topological polar surface area (TPSA) is 91.2 Å². The van der Waals surface area contributed by atoms with Crippen LogP contribution in [0, 0.1) is 6.92 Å². The number of hydrogen-bond acceptors (Lipinski definition) is 6. The largest absolute Gasteiger partial charge is 0.467 e.